The van der Waals surface area contributed by atoms with Crippen molar-refractivity contribution in [2.45, 2.75) is 13.2 Å². The molecule has 1 heterocycles. The van der Waals surface area contributed by atoms with Crippen LogP contribution in [0, 0.1) is 0 Å². The average molecular weight is 292 g/mol. The monoisotopic (exact) mass is 291 g/mol. The Kier molecular flexibility index (Phi) is 3.67. The van der Waals surface area contributed by atoms with E-state index in [-0.39, 0.29) is 6.79 Å². The van der Waals surface area contributed by atoms with E-state index >= 15 is 0 Å². The van der Waals surface area contributed by atoms with E-state index < -0.39 is 0 Å². The molecule has 104 valence electrons. The Balaban J connectivity index is 1.60. The van der Waals surface area contributed by atoms with E-state index in [0.717, 1.165) is 22.6 Å². The van der Waals surface area contributed by atoms with Crippen LogP contribution in [0.4, 0.5) is 5.69 Å². The van der Waals surface area contributed by atoms with E-state index in [2.05, 4.69) is 0 Å². The second-order valence-corrected chi connectivity index (χ2v) is 4.96. The van der Waals surface area contributed by atoms with Crippen LogP contribution in [0.1, 0.15) is 11.1 Å². The van der Waals surface area contributed by atoms with Crippen LogP contribution in [0.3, 0.4) is 0 Å². The van der Waals surface area contributed by atoms with Crippen LogP contribution in [0.15, 0.2) is 36.4 Å². The fraction of sp³-hybridized carbons (Fsp3) is 0.200. The predicted octanol–water partition coefficient (Wildman–Crippen LogP) is 3.37. The van der Waals surface area contributed by atoms with Gasteiger partial charge in [0.25, 0.3) is 0 Å². The number of benzene rings is 2. The maximum absolute atomic E-state index is 5.87. The highest BCUT2D eigenvalue weighted by Crippen LogP contribution is 2.32. The van der Waals surface area contributed by atoms with Gasteiger partial charge < -0.3 is 19.9 Å². The molecule has 2 N–H and O–H groups in total. The van der Waals surface area contributed by atoms with Crippen LogP contribution in [0.2, 0.25) is 5.02 Å². The molecule has 1 aliphatic heterocycles. The van der Waals surface area contributed by atoms with Gasteiger partial charge in [-0.1, -0.05) is 23.7 Å². The number of nitrogens with two attached hydrogens (primary N) is 1. The van der Waals surface area contributed by atoms with Crippen molar-refractivity contribution in [3.63, 3.8) is 0 Å². The Hall–Kier alpha value is -1.91. The van der Waals surface area contributed by atoms with Gasteiger partial charge in [0.2, 0.25) is 6.79 Å². The van der Waals surface area contributed by atoms with Gasteiger partial charge in [-0.25, -0.2) is 0 Å². The minimum Gasteiger partial charge on any atom is -0.454 e. The van der Waals surface area contributed by atoms with Crippen LogP contribution in [0.25, 0.3) is 0 Å². The molecular weight excluding hydrogens is 278 g/mol. The molecular formula is C15H14ClNO3. The Morgan fingerprint density at radius 2 is 1.90 bits per heavy atom. The molecule has 0 atom stereocenters. The van der Waals surface area contributed by atoms with E-state index in [4.69, 9.17) is 31.5 Å². The highest BCUT2D eigenvalue weighted by molar-refractivity contribution is 6.30. The van der Waals surface area contributed by atoms with Gasteiger partial charge in [-0.2, -0.15) is 0 Å². The molecule has 0 radical (unpaired) electrons. The number of nitrogen functional groups attached to an aromatic ring is 1. The van der Waals surface area contributed by atoms with Crippen LogP contribution in [-0.4, -0.2) is 6.79 Å². The molecule has 0 aromatic heterocycles. The minimum absolute atomic E-state index is 0.279. The van der Waals surface area contributed by atoms with Gasteiger partial charge in [-0.15, -0.1) is 0 Å². The van der Waals surface area contributed by atoms with Crippen molar-refractivity contribution in [1.29, 1.82) is 0 Å². The summed E-state index contributed by atoms with van der Waals surface area (Å²) in [4.78, 5) is 0. The first-order valence-corrected chi connectivity index (χ1v) is 6.60. The van der Waals surface area contributed by atoms with Crippen molar-refractivity contribution in [2.75, 3.05) is 12.5 Å². The first-order chi connectivity index (χ1) is 9.72. The van der Waals surface area contributed by atoms with Crippen molar-refractivity contribution in [3.05, 3.63) is 52.5 Å². The zero-order valence-corrected chi connectivity index (χ0v) is 11.5. The molecule has 0 saturated carbocycles. The van der Waals surface area contributed by atoms with Gasteiger partial charge in [0.05, 0.1) is 13.2 Å². The van der Waals surface area contributed by atoms with Gasteiger partial charge in [0.1, 0.15) is 0 Å². The Morgan fingerprint density at radius 3 is 2.75 bits per heavy atom. The molecule has 0 saturated heterocycles. The SMILES string of the molecule is Nc1cc(Cl)ccc1COCc1ccc2c(c1)OCO2. The zero-order valence-electron chi connectivity index (χ0n) is 10.8. The molecule has 2 aromatic rings. The molecule has 0 bridgehead atoms. The van der Waals surface area contributed by atoms with E-state index in [9.17, 15) is 0 Å². The van der Waals surface area contributed by atoms with Crippen molar-refractivity contribution < 1.29 is 14.2 Å². The average Bonchev–Trinajstić information content (AvgIpc) is 2.89. The molecule has 20 heavy (non-hydrogen) atoms. The molecule has 3 rings (SSSR count). The number of anilines is 1. The molecule has 1 aliphatic rings. The number of halogens is 1. The van der Waals surface area contributed by atoms with Gasteiger partial charge in [-0.05, 0) is 29.8 Å². The summed E-state index contributed by atoms with van der Waals surface area (Å²) in [5.74, 6) is 1.54. The van der Waals surface area contributed by atoms with Crippen LogP contribution >= 0.6 is 11.6 Å². The van der Waals surface area contributed by atoms with Crippen molar-refractivity contribution in [1.82, 2.24) is 0 Å². The van der Waals surface area contributed by atoms with Crippen LogP contribution in [0.5, 0.6) is 11.5 Å². The maximum Gasteiger partial charge on any atom is 0.231 e. The summed E-state index contributed by atoms with van der Waals surface area (Å²) in [6, 6.07) is 11.2. The lowest BCUT2D eigenvalue weighted by Gasteiger charge is -2.08. The quantitative estimate of drug-likeness (QED) is 0.878. The third-order valence-corrected chi connectivity index (χ3v) is 3.31. The third-order valence-electron chi connectivity index (χ3n) is 3.07. The summed E-state index contributed by atoms with van der Waals surface area (Å²) in [6.45, 7) is 1.21. The number of hydrogen-bond donors (Lipinski definition) is 1. The van der Waals surface area contributed by atoms with Crippen LogP contribution in [-0.2, 0) is 18.0 Å². The molecule has 0 unspecified atom stereocenters. The second kappa shape index (κ2) is 5.61. The van der Waals surface area contributed by atoms with Gasteiger partial charge in [0, 0.05) is 16.3 Å². The Bertz CT molecular complexity index is 631. The third kappa shape index (κ3) is 2.81. The maximum atomic E-state index is 5.87. The van der Waals surface area contributed by atoms with E-state index in [0.29, 0.717) is 23.9 Å². The van der Waals surface area contributed by atoms with Gasteiger partial charge in [0.15, 0.2) is 11.5 Å². The highest BCUT2D eigenvalue weighted by atomic mass is 35.5. The lowest BCUT2D eigenvalue weighted by molar-refractivity contribution is 0.107. The lowest BCUT2D eigenvalue weighted by atomic mass is 10.2. The molecule has 0 aliphatic carbocycles. The van der Waals surface area contributed by atoms with E-state index in [1.807, 2.05) is 24.3 Å². The number of rotatable bonds is 4. The fourth-order valence-electron chi connectivity index (χ4n) is 2.01. The number of ether oxygens (including phenoxy) is 3. The largest absolute Gasteiger partial charge is 0.454 e. The van der Waals surface area contributed by atoms with Crippen LogP contribution < -0.4 is 15.2 Å². The highest BCUT2D eigenvalue weighted by Gasteiger charge is 2.13. The van der Waals surface area contributed by atoms with E-state index in [1.54, 1.807) is 12.1 Å². The summed E-state index contributed by atoms with van der Waals surface area (Å²) in [6.07, 6.45) is 0. The molecule has 5 heteroatoms. The standard InChI is InChI=1S/C15H14ClNO3/c16-12-3-2-11(13(17)6-12)8-18-7-10-1-4-14-15(5-10)20-9-19-14/h1-6H,7-9,17H2. The topological polar surface area (TPSA) is 53.7 Å². The number of hydrogen-bond acceptors (Lipinski definition) is 4. The lowest BCUT2D eigenvalue weighted by Crippen LogP contribution is -1.98. The molecule has 4 nitrogen and oxygen atoms in total. The van der Waals surface area contributed by atoms with Crippen molar-refractivity contribution >= 4 is 17.3 Å². The predicted molar refractivity (Wildman–Crippen MR) is 76.9 cm³/mol. The Morgan fingerprint density at radius 1 is 1.05 bits per heavy atom. The summed E-state index contributed by atoms with van der Waals surface area (Å²) in [5, 5.41) is 0.627. The smallest absolute Gasteiger partial charge is 0.231 e. The molecule has 0 amide bonds. The van der Waals surface area contributed by atoms with Gasteiger partial charge >= 0.3 is 0 Å². The minimum atomic E-state index is 0.279. The van der Waals surface area contributed by atoms with Gasteiger partial charge in [-0.3, -0.25) is 0 Å². The van der Waals surface area contributed by atoms with Crippen molar-refractivity contribution in [2.24, 2.45) is 0 Å². The number of fused-ring (bicyclic) bond motifs is 1. The molecule has 2 aromatic carbocycles. The fourth-order valence-corrected chi connectivity index (χ4v) is 2.19. The summed E-state index contributed by atoms with van der Waals surface area (Å²) >= 11 is 5.85. The first-order valence-electron chi connectivity index (χ1n) is 6.22. The van der Waals surface area contributed by atoms with Crippen molar-refractivity contribution in [3.8, 4) is 11.5 Å². The summed E-state index contributed by atoms with van der Waals surface area (Å²) < 4.78 is 16.3. The zero-order chi connectivity index (χ0) is 13.9. The normalized spacial score (nSPS) is 12.7. The first kappa shape index (κ1) is 13.1. The summed E-state index contributed by atoms with van der Waals surface area (Å²) in [7, 11) is 0. The molecule has 0 fully saturated rings. The second-order valence-electron chi connectivity index (χ2n) is 4.52. The summed E-state index contributed by atoms with van der Waals surface area (Å²) in [5.41, 5.74) is 8.47. The van der Waals surface area contributed by atoms with E-state index in [1.165, 1.54) is 0 Å². The Labute approximate surface area is 122 Å². The molecule has 0 spiro atoms.